The van der Waals surface area contributed by atoms with Gasteiger partial charge in [-0.2, -0.15) is 0 Å². The number of rotatable bonds is 4. The Morgan fingerprint density at radius 2 is 1.61 bits per heavy atom. The lowest BCUT2D eigenvalue weighted by Crippen LogP contribution is -2.42. The summed E-state index contributed by atoms with van der Waals surface area (Å²) in [6.45, 7) is 1.47. The maximum absolute atomic E-state index is 13.7. The molecule has 0 atom stereocenters. The summed E-state index contributed by atoms with van der Waals surface area (Å²) in [4.78, 5) is 37.2. The number of anilines is 1. The molecule has 1 fully saturated rings. The van der Waals surface area contributed by atoms with Crippen molar-refractivity contribution in [3.8, 4) is 0 Å². The van der Waals surface area contributed by atoms with Crippen LogP contribution in [0.15, 0.2) is 42.5 Å². The first-order valence-electron chi connectivity index (χ1n) is 8.86. The van der Waals surface area contributed by atoms with Crippen molar-refractivity contribution in [1.29, 1.82) is 0 Å². The third kappa shape index (κ3) is 4.25. The highest BCUT2D eigenvalue weighted by atomic mass is 19.1. The number of halogens is 1. The first-order valence-corrected chi connectivity index (χ1v) is 8.86. The van der Waals surface area contributed by atoms with Crippen LogP contribution in [0.2, 0.25) is 0 Å². The van der Waals surface area contributed by atoms with E-state index < -0.39 is 22.6 Å². The molecule has 0 aliphatic carbocycles. The average molecular weight is 386 g/mol. The quantitative estimate of drug-likeness (QED) is 0.621. The molecule has 2 aromatic carbocycles. The molecule has 2 N–H and O–H groups in total. The van der Waals surface area contributed by atoms with Gasteiger partial charge in [-0.1, -0.05) is 12.1 Å². The van der Waals surface area contributed by atoms with E-state index in [1.54, 1.807) is 0 Å². The first kappa shape index (κ1) is 19.3. The highest BCUT2D eigenvalue weighted by molar-refractivity contribution is 6.02. The second kappa shape index (κ2) is 8.47. The van der Waals surface area contributed by atoms with Crippen LogP contribution >= 0.6 is 0 Å². The first-order chi connectivity index (χ1) is 13.5. The Bertz CT molecular complexity index is 913. The number of carbonyl (C=O) groups excluding carboxylic acids is 2. The Kier molecular flexibility index (Phi) is 5.83. The van der Waals surface area contributed by atoms with Gasteiger partial charge in [-0.15, -0.1) is 0 Å². The molecule has 0 saturated carbocycles. The third-order valence-corrected chi connectivity index (χ3v) is 4.54. The summed E-state index contributed by atoms with van der Waals surface area (Å²) in [6, 6.07) is 9.41. The van der Waals surface area contributed by atoms with Gasteiger partial charge in [0.15, 0.2) is 0 Å². The molecule has 1 saturated heterocycles. The molecular formula is C19H19FN4O4. The standard InChI is InChI=1S/C19H19FN4O4/c20-16-7-3-2-6-14(16)18(25)21-22-19(26)15-12-13(24(27)28)8-9-17(15)23-10-4-1-5-11-23/h2-3,6-9,12H,1,4-5,10-11H2,(H,21,25)(H,22,26). The molecular weight excluding hydrogens is 367 g/mol. The zero-order valence-electron chi connectivity index (χ0n) is 15.0. The van der Waals surface area contributed by atoms with Gasteiger partial charge in [0, 0.05) is 25.2 Å². The average Bonchev–Trinajstić information content (AvgIpc) is 2.72. The maximum atomic E-state index is 13.7. The largest absolute Gasteiger partial charge is 0.371 e. The number of nitrogens with zero attached hydrogens (tertiary/aromatic N) is 2. The highest BCUT2D eigenvalue weighted by Gasteiger charge is 2.22. The topological polar surface area (TPSA) is 105 Å². The Morgan fingerprint density at radius 1 is 0.964 bits per heavy atom. The summed E-state index contributed by atoms with van der Waals surface area (Å²) in [5.41, 5.74) is 4.54. The van der Waals surface area contributed by atoms with Crippen LogP contribution in [0, 0.1) is 15.9 Å². The fourth-order valence-corrected chi connectivity index (χ4v) is 3.12. The minimum absolute atomic E-state index is 0.0740. The zero-order chi connectivity index (χ0) is 20.1. The van der Waals surface area contributed by atoms with Crippen LogP contribution in [0.5, 0.6) is 0 Å². The number of amides is 2. The van der Waals surface area contributed by atoms with E-state index in [0.717, 1.165) is 38.4 Å². The monoisotopic (exact) mass is 386 g/mol. The Hall–Kier alpha value is -3.49. The molecule has 0 radical (unpaired) electrons. The fourth-order valence-electron chi connectivity index (χ4n) is 3.12. The van der Waals surface area contributed by atoms with Gasteiger partial charge in [0.25, 0.3) is 17.5 Å². The summed E-state index contributed by atoms with van der Waals surface area (Å²) in [5, 5.41) is 11.1. The lowest BCUT2D eigenvalue weighted by molar-refractivity contribution is -0.384. The molecule has 0 spiro atoms. The zero-order valence-corrected chi connectivity index (χ0v) is 15.0. The van der Waals surface area contributed by atoms with Gasteiger partial charge < -0.3 is 4.90 Å². The Labute approximate surface area is 160 Å². The minimum atomic E-state index is -0.823. The van der Waals surface area contributed by atoms with Crippen LogP contribution in [0.25, 0.3) is 0 Å². The molecule has 8 nitrogen and oxygen atoms in total. The van der Waals surface area contributed by atoms with Crippen molar-refractivity contribution in [2.24, 2.45) is 0 Å². The maximum Gasteiger partial charge on any atom is 0.272 e. The second-order valence-corrected chi connectivity index (χ2v) is 6.39. The molecule has 9 heteroatoms. The predicted octanol–water partition coefficient (Wildman–Crippen LogP) is 2.80. The number of benzene rings is 2. The van der Waals surface area contributed by atoms with Crippen molar-refractivity contribution in [3.05, 3.63) is 69.5 Å². The number of nitrogens with one attached hydrogen (secondary N) is 2. The van der Waals surface area contributed by atoms with Crippen molar-refractivity contribution in [3.63, 3.8) is 0 Å². The Balaban J connectivity index is 1.80. The third-order valence-electron chi connectivity index (χ3n) is 4.54. The summed E-state index contributed by atoms with van der Waals surface area (Å²) >= 11 is 0. The van der Waals surface area contributed by atoms with E-state index in [9.17, 15) is 24.1 Å². The number of hydrazine groups is 1. The minimum Gasteiger partial charge on any atom is -0.371 e. The Morgan fingerprint density at radius 3 is 2.25 bits per heavy atom. The van der Waals surface area contributed by atoms with E-state index in [1.165, 1.54) is 36.4 Å². The van der Waals surface area contributed by atoms with Crippen LogP contribution in [-0.4, -0.2) is 29.8 Å². The van der Waals surface area contributed by atoms with Crippen molar-refractivity contribution < 1.29 is 18.9 Å². The number of carbonyl (C=O) groups is 2. The van der Waals surface area contributed by atoms with Crippen molar-refractivity contribution >= 4 is 23.2 Å². The molecule has 0 bridgehead atoms. The SMILES string of the molecule is O=C(NNC(=O)c1cc([N+](=O)[O-])ccc1N1CCCCC1)c1ccccc1F. The molecule has 2 amide bonds. The summed E-state index contributed by atoms with van der Waals surface area (Å²) in [6.07, 6.45) is 3.01. The van der Waals surface area contributed by atoms with E-state index in [4.69, 9.17) is 0 Å². The molecule has 1 aliphatic rings. The van der Waals surface area contributed by atoms with Gasteiger partial charge in [-0.3, -0.25) is 30.6 Å². The number of nitro groups is 1. The molecule has 1 aliphatic heterocycles. The van der Waals surface area contributed by atoms with Crippen LogP contribution in [0.4, 0.5) is 15.8 Å². The van der Waals surface area contributed by atoms with E-state index in [1.807, 2.05) is 4.90 Å². The molecule has 146 valence electrons. The number of piperidine rings is 1. The van der Waals surface area contributed by atoms with Gasteiger partial charge in [-0.05, 0) is 37.5 Å². The van der Waals surface area contributed by atoms with Gasteiger partial charge in [0.1, 0.15) is 5.82 Å². The van der Waals surface area contributed by atoms with Gasteiger partial charge in [0.2, 0.25) is 0 Å². The lowest BCUT2D eigenvalue weighted by Gasteiger charge is -2.30. The van der Waals surface area contributed by atoms with E-state index in [-0.39, 0.29) is 16.8 Å². The van der Waals surface area contributed by atoms with Crippen molar-refractivity contribution in [2.75, 3.05) is 18.0 Å². The molecule has 0 aromatic heterocycles. The van der Waals surface area contributed by atoms with Crippen LogP contribution in [-0.2, 0) is 0 Å². The van der Waals surface area contributed by atoms with E-state index >= 15 is 0 Å². The normalized spacial score (nSPS) is 13.7. The number of nitro benzene ring substituents is 1. The molecule has 1 heterocycles. The van der Waals surface area contributed by atoms with Gasteiger partial charge >= 0.3 is 0 Å². The second-order valence-electron chi connectivity index (χ2n) is 6.39. The number of non-ortho nitro benzene ring substituents is 1. The summed E-state index contributed by atoms with van der Waals surface area (Å²) in [7, 11) is 0. The van der Waals surface area contributed by atoms with Crippen molar-refractivity contribution in [1.82, 2.24) is 10.9 Å². The predicted molar refractivity (Wildman–Crippen MR) is 100 cm³/mol. The van der Waals surface area contributed by atoms with Crippen LogP contribution in [0.3, 0.4) is 0 Å². The lowest BCUT2D eigenvalue weighted by atomic mass is 10.1. The van der Waals surface area contributed by atoms with Crippen molar-refractivity contribution in [2.45, 2.75) is 19.3 Å². The van der Waals surface area contributed by atoms with E-state index in [0.29, 0.717) is 5.69 Å². The highest BCUT2D eigenvalue weighted by Crippen LogP contribution is 2.28. The van der Waals surface area contributed by atoms with Crippen LogP contribution < -0.4 is 15.8 Å². The van der Waals surface area contributed by atoms with E-state index in [2.05, 4.69) is 10.9 Å². The molecule has 28 heavy (non-hydrogen) atoms. The summed E-state index contributed by atoms with van der Waals surface area (Å²) in [5.74, 6) is -2.26. The van der Waals surface area contributed by atoms with Gasteiger partial charge in [-0.25, -0.2) is 4.39 Å². The van der Waals surface area contributed by atoms with Gasteiger partial charge in [0.05, 0.1) is 21.7 Å². The fraction of sp³-hybridized carbons (Fsp3) is 0.263. The smallest absolute Gasteiger partial charge is 0.272 e. The summed E-state index contributed by atoms with van der Waals surface area (Å²) < 4.78 is 13.7. The number of hydrogen-bond acceptors (Lipinski definition) is 5. The number of hydrogen-bond donors (Lipinski definition) is 2. The molecule has 2 aromatic rings. The molecule has 0 unspecified atom stereocenters. The van der Waals surface area contributed by atoms with Crippen LogP contribution in [0.1, 0.15) is 40.0 Å². The molecule has 3 rings (SSSR count).